The number of thiophene rings is 1. The normalized spacial score (nSPS) is 24.6. The van der Waals surface area contributed by atoms with Gasteiger partial charge in [0.1, 0.15) is 22.7 Å². The van der Waals surface area contributed by atoms with Crippen molar-refractivity contribution in [2.75, 3.05) is 75.9 Å². The van der Waals surface area contributed by atoms with Crippen molar-refractivity contribution in [1.29, 1.82) is 5.26 Å². The number of nitrogen functional groups attached to an aromatic ring is 1. The molecule has 2 aliphatic heterocycles. The van der Waals surface area contributed by atoms with Crippen LogP contribution in [-0.4, -0.2) is 91.4 Å². The van der Waals surface area contributed by atoms with Crippen LogP contribution in [0.3, 0.4) is 0 Å². The number of hydrogen-bond acceptors (Lipinski definition) is 11. The van der Waals surface area contributed by atoms with Gasteiger partial charge in [-0.25, -0.2) is 9.97 Å². The zero-order chi connectivity index (χ0) is 29.0. The van der Waals surface area contributed by atoms with Crippen molar-refractivity contribution in [1.82, 2.24) is 24.9 Å². The first-order chi connectivity index (χ1) is 20.4. The molecule has 5 heterocycles. The second-order valence-corrected chi connectivity index (χ2v) is 13.9. The van der Waals surface area contributed by atoms with E-state index in [-0.39, 0.29) is 5.41 Å². The van der Waals surface area contributed by atoms with Crippen LogP contribution < -0.4 is 15.5 Å². The average Bonchev–Trinajstić information content (AvgIpc) is 3.69. The summed E-state index contributed by atoms with van der Waals surface area (Å²) in [5, 5.41) is 15.4. The van der Waals surface area contributed by atoms with Gasteiger partial charge in [-0.15, -0.1) is 11.3 Å². The van der Waals surface area contributed by atoms with Crippen LogP contribution in [0.5, 0.6) is 0 Å². The van der Waals surface area contributed by atoms with Crippen molar-refractivity contribution in [2.24, 2.45) is 0 Å². The van der Waals surface area contributed by atoms with Gasteiger partial charge in [0.05, 0.1) is 11.0 Å². The monoisotopic (exact) mass is 587 g/mol. The molecule has 0 radical (unpaired) electrons. The number of hydrogen-bond donors (Lipinski definition) is 1. The SMILES string of the molecule is CN1CCCN(c2cc(N3CCC(N(C)C)C3)nc(-c3noc4c3CCC[C@@]43CCCc4sc(N)c(C#N)c43)n2)CC1. The van der Waals surface area contributed by atoms with Gasteiger partial charge in [-0.3, -0.25) is 0 Å². The summed E-state index contributed by atoms with van der Waals surface area (Å²) in [5.41, 5.74) is 9.61. The largest absolute Gasteiger partial charge is 0.389 e. The molecule has 42 heavy (non-hydrogen) atoms. The summed E-state index contributed by atoms with van der Waals surface area (Å²) < 4.78 is 6.32. The van der Waals surface area contributed by atoms with Gasteiger partial charge in [-0.05, 0) is 84.6 Å². The predicted molar refractivity (Wildman–Crippen MR) is 166 cm³/mol. The number of nitrogens with zero attached hydrogens (tertiary/aromatic N) is 8. The lowest BCUT2D eigenvalue weighted by Gasteiger charge is -2.39. The Kier molecular flexibility index (Phi) is 7.11. The Morgan fingerprint density at radius 2 is 1.83 bits per heavy atom. The minimum atomic E-state index is -0.352. The summed E-state index contributed by atoms with van der Waals surface area (Å²) in [6.07, 6.45) is 8.00. The van der Waals surface area contributed by atoms with Gasteiger partial charge in [-0.1, -0.05) is 5.16 Å². The van der Waals surface area contributed by atoms with Crippen LogP contribution in [0, 0.1) is 11.3 Å². The number of rotatable bonds is 4. The van der Waals surface area contributed by atoms with Crippen LogP contribution in [0.4, 0.5) is 16.6 Å². The highest BCUT2D eigenvalue weighted by molar-refractivity contribution is 7.16. The number of fused-ring (bicyclic) bond motifs is 4. The Bertz CT molecular complexity index is 1520. The van der Waals surface area contributed by atoms with Gasteiger partial charge in [0.15, 0.2) is 17.3 Å². The predicted octanol–water partition coefficient (Wildman–Crippen LogP) is 3.89. The summed E-state index contributed by atoms with van der Waals surface area (Å²) >= 11 is 1.58. The number of aromatic nitrogens is 3. The van der Waals surface area contributed by atoms with Crippen LogP contribution in [0.15, 0.2) is 10.6 Å². The summed E-state index contributed by atoms with van der Waals surface area (Å²) in [5.74, 6) is 3.49. The Balaban J connectivity index is 1.33. The highest BCUT2D eigenvalue weighted by Crippen LogP contribution is 2.55. The van der Waals surface area contributed by atoms with E-state index in [1.807, 2.05) is 0 Å². The molecule has 2 atom stereocenters. The first-order valence-electron chi connectivity index (χ1n) is 15.4. The van der Waals surface area contributed by atoms with Crippen LogP contribution >= 0.6 is 11.3 Å². The summed E-state index contributed by atoms with van der Waals surface area (Å²) in [6.45, 7) is 5.94. The van der Waals surface area contributed by atoms with Crippen molar-refractivity contribution in [3.8, 4) is 17.6 Å². The number of nitrogens with two attached hydrogens (primary N) is 1. The Labute approximate surface area is 252 Å². The van der Waals surface area contributed by atoms with Crippen molar-refractivity contribution in [2.45, 2.75) is 62.8 Å². The van der Waals surface area contributed by atoms with Gasteiger partial charge in [0, 0.05) is 55.3 Å². The lowest BCUT2D eigenvalue weighted by atomic mass is 9.63. The van der Waals surface area contributed by atoms with E-state index >= 15 is 0 Å². The molecule has 10 nitrogen and oxygen atoms in total. The Hall–Kier alpha value is -3.20. The third-order valence-corrected chi connectivity index (χ3v) is 11.1. The molecule has 3 aromatic rings. The zero-order valence-corrected chi connectivity index (χ0v) is 25.8. The molecule has 0 saturated carbocycles. The van der Waals surface area contributed by atoms with E-state index in [9.17, 15) is 5.26 Å². The third-order valence-electron chi connectivity index (χ3n) is 10.0. The van der Waals surface area contributed by atoms with Crippen LogP contribution in [0.1, 0.15) is 65.9 Å². The maximum Gasteiger partial charge on any atom is 0.186 e. The number of anilines is 3. The molecule has 2 N–H and O–H groups in total. The maximum absolute atomic E-state index is 10.1. The molecule has 11 heteroatoms. The third kappa shape index (κ3) is 4.55. The quantitative estimate of drug-likeness (QED) is 0.482. The van der Waals surface area contributed by atoms with E-state index in [0.29, 0.717) is 22.4 Å². The molecular weight excluding hydrogens is 546 g/mol. The van der Waals surface area contributed by atoms with E-state index in [1.165, 1.54) is 4.88 Å². The van der Waals surface area contributed by atoms with Gasteiger partial charge in [0.25, 0.3) is 0 Å². The molecule has 7 rings (SSSR count). The number of nitriles is 1. The van der Waals surface area contributed by atoms with Crippen molar-refractivity contribution in [3.63, 3.8) is 0 Å². The average molecular weight is 588 g/mol. The molecule has 2 saturated heterocycles. The van der Waals surface area contributed by atoms with Crippen LogP contribution in [0.2, 0.25) is 0 Å². The van der Waals surface area contributed by atoms with E-state index < -0.39 is 0 Å². The standard InChI is InChI=1S/C31H41N9OS/c1-37(2)20-9-14-40(19-20)25-17-24(39-13-6-12-38(3)15-16-39)34-30(35-25)27-21-7-4-10-31(28(21)41-36-27)11-5-8-23-26(31)22(18-32)29(33)42-23/h17,20H,4-16,19,33H2,1-3H3/t20?,31-/m0/s1. The van der Waals surface area contributed by atoms with Gasteiger partial charge in [-0.2, -0.15) is 5.26 Å². The molecule has 0 amide bonds. The van der Waals surface area contributed by atoms with Crippen LogP contribution in [-0.2, 0) is 18.3 Å². The summed E-state index contributed by atoms with van der Waals surface area (Å²) in [7, 11) is 6.51. The molecule has 0 aromatic carbocycles. The van der Waals surface area contributed by atoms with E-state index in [0.717, 1.165) is 125 Å². The topological polar surface area (TPSA) is 115 Å². The van der Waals surface area contributed by atoms with Crippen molar-refractivity contribution in [3.05, 3.63) is 33.4 Å². The van der Waals surface area contributed by atoms with Gasteiger partial charge >= 0.3 is 0 Å². The minimum absolute atomic E-state index is 0.352. The molecule has 2 fully saturated rings. The Morgan fingerprint density at radius 1 is 1.05 bits per heavy atom. The molecule has 222 valence electrons. The molecule has 2 aliphatic carbocycles. The fourth-order valence-corrected chi connectivity index (χ4v) is 8.88. The fourth-order valence-electron chi connectivity index (χ4n) is 7.72. The van der Waals surface area contributed by atoms with Crippen molar-refractivity contribution >= 4 is 28.0 Å². The summed E-state index contributed by atoms with van der Waals surface area (Å²) in [4.78, 5) is 21.1. The maximum atomic E-state index is 10.1. The number of likely N-dealkylation sites (N-methyl/N-ethyl adjacent to an activating group) is 2. The lowest BCUT2D eigenvalue weighted by molar-refractivity contribution is 0.265. The van der Waals surface area contributed by atoms with Crippen LogP contribution in [0.25, 0.3) is 11.5 Å². The Morgan fingerprint density at radius 3 is 2.60 bits per heavy atom. The smallest absolute Gasteiger partial charge is 0.186 e. The van der Waals surface area contributed by atoms with Crippen molar-refractivity contribution < 1.29 is 4.52 Å². The second kappa shape index (κ2) is 10.8. The molecule has 1 spiro atoms. The summed E-state index contributed by atoms with van der Waals surface area (Å²) in [6, 6.07) is 5.12. The van der Waals surface area contributed by atoms with E-state index in [4.69, 9.17) is 25.4 Å². The molecule has 1 unspecified atom stereocenters. The second-order valence-electron chi connectivity index (χ2n) is 12.8. The highest BCUT2D eigenvalue weighted by atomic mass is 32.1. The minimum Gasteiger partial charge on any atom is -0.389 e. The van der Waals surface area contributed by atoms with Gasteiger partial charge < -0.3 is 29.9 Å². The first-order valence-corrected chi connectivity index (χ1v) is 16.2. The number of aryl methyl sites for hydroxylation is 1. The van der Waals surface area contributed by atoms with E-state index in [2.05, 4.69) is 52.9 Å². The molecule has 4 aliphatic rings. The lowest BCUT2D eigenvalue weighted by Crippen LogP contribution is -2.35. The molecular formula is C31H41N9OS. The first kappa shape index (κ1) is 27.6. The fraction of sp³-hybridized carbons (Fsp3) is 0.613. The van der Waals surface area contributed by atoms with E-state index in [1.54, 1.807) is 11.3 Å². The highest BCUT2D eigenvalue weighted by Gasteiger charge is 2.49. The molecule has 3 aromatic heterocycles. The zero-order valence-electron chi connectivity index (χ0n) is 25.0. The van der Waals surface area contributed by atoms with Gasteiger partial charge in [0.2, 0.25) is 0 Å². The molecule has 0 bridgehead atoms.